The summed E-state index contributed by atoms with van der Waals surface area (Å²) in [5.74, 6) is -0.565. The number of hydrogen-bond donors (Lipinski definition) is 0. The molecule has 0 bridgehead atoms. The molecule has 0 saturated heterocycles. The number of carbonyl (C=O) groups is 2. The molecule has 2 heterocycles. The van der Waals surface area contributed by atoms with Crippen LogP contribution in [0, 0.1) is 0 Å². The molecule has 0 spiro atoms. The second-order valence-corrected chi connectivity index (χ2v) is 13.9. The number of amides is 2. The van der Waals surface area contributed by atoms with Crippen LogP contribution in [0.15, 0.2) is 60.9 Å². The highest BCUT2D eigenvalue weighted by Gasteiger charge is 2.39. The fourth-order valence-corrected chi connectivity index (χ4v) is 8.85. The lowest BCUT2D eigenvalue weighted by atomic mass is 9.80. The fraction of sp³-hybridized carbons (Fsp3) is 0.333. The molecule has 0 N–H and O–H groups in total. The SMILES string of the molecule is CCCCCCC(CCCCCC)N1C(=O)c2ccc3c4cccc5c(Br)cc6c7c(=O)oc(=O)c7c7cc(c2c3c7c6c54)C1=O. The first-order valence-corrected chi connectivity index (χ1v) is 17.5. The van der Waals surface area contributed by atoms with Gasteiger partial charge in [-0.3, -0.25) is 14.5 Å². The molecule has 0 saturated carbocycles. The van der Waals surface area contributed by atoms with E-state index in [1.165, 1.54) is 4.90 Å². The molecule has 6 aromatic carbocycles. The Morgan fingerprint density at radius 2 is 1.15 bits per heavy atom. The average Bonchev–Trinajstić information content (AvgIpc) is 3.36. The standard InChI is InChI=1S/C39H34BrNO5/c1-3-5-7-9-12-20(13-10-8-6-4-2)41-36(42)24-17-16-22-21-14-11-15-23-28(40)19-26-32(29(21)23)33-25(34-35(26)39(45)46-38(34)44)18-27(37(41)43)30(24)31(22)33/h11,14-20H,3-10,12-13H2,1-2H3. The summed E-state index contributed by atoms with van der Waals surface area (Å²) in [6.07, 6.45) is 10.1. The van der Waals surface area contributed by atoms with E-state index in [0.29, 0.717) is 27.3 Å². The highest BCUT2D eigenvalue weighted by Crippen LogP contribution is 2.51. The Kier molecular flexibility index (Phi) is 7.02. The van der Waals surface area contributed by atoms with Gasteiger partial charge >= 0.3 is 11.3 Å². The van der Waals surface area contributed by atoms with Crippen molar-refractivity contribution in [2.75, 3.05) is 0 Å². The fourth-order valence-electron chi connectivity index (χ4n) is 8.29. The number of furan rings is 1. The van der Waals surface area contributed by atoms with Crippen molar-refractivity contribution in [1.29, 1.82) is 0 Å². The van der Waals surface area contributed by atoms with Crippen LogP contribution in [0.5, 0.6) is 0 Å². The summed E-state index contributed by atoms with van der Waals surface area (Å²) >= 11 is 3.72. The van der Waals surface area contributed by atoms with E-state index in [1.54, 1.807) is 6.07 Å². The van der Waals surface area contributed by atoms with E-state index < -0.39 is 11.3 Å². The lowest BCUT2D eigenvalue weighted by molar-refractivity contribution is 0.0517. The number of benzene rings is 6. The molecular weight excluding hydrogens is 642 g/mol. The van der Waals surface area contributed by atoms with Gasteiger partial charge in [0.05, 0.1) is 10.8 Å². The minimum absolute atomic E-state index is 0.194. The van der Waals surface area contributed by atoms with Crippen molar-refractivity contribution < 1.29 is 14.0 Å². The topological polar surface area (TPSA) is 84.7 Å². The maximum absolute atomic E-state index is 14.7. The molecule has 0 atom stereocenters. The van der Waals surface area contributed by atoms with Gasteiger partial charge in [-0.2, -0.15) is 0 Å². The summed E-state index contributed by atoms with van der Waals surface area (Å²) in [4.78, 5) is 57.2. The summed E-state index contributed by atoms with van der Waals surface area (Å²) < 4.78 is 6.04. The van der Waals surface area contributed by atoms with E-state index in [1.807, 2.05) is 36.4 Å². The summed E-state index contributed by atoms with van der Waals surface area (Å²) in [7, 11) is 0. The maximum atomic E-state index is 14.7. The Morgan fingerprint density at radius 3 is 1.83 bits per heavy atom. The summed E-state index contributed by atoms with van der Waals surface area (Å²) in [5.41, 5.74) is -0.460. The zero-order valence-electron chi connectivity index (χ0n) is 26.1. The molecule has 7 aromatic rings. The quantitative estimate of drug-likeness (QED) is 0.0590. The van der Waals surface area contributed by atoms with E-state index in [4.69, 9.17) is 4.42 Å². The predicted octanol–water partition coefficient (Wildman–Crippen LogP) is 9.90. The van der Waals surface area contributed by atoms with Gasteiger partial charge in [-0.05, 0) is 79.5 Å². The van der Waals surface area contributed by atoms with Crippen molar-refractivity contribution >= 4 is 92.4 Å². The van der Waals surface area contributed by atoms with E-state index in [0.717, 1.165) is 106 Å². The van der Waals surface area contributed by atoms with Crippen molar-refractivity contribution in [3.8, 4) is 0 Å². The zero-order chi connectivity index (χ0) is 31.9. The molecule has 46 heavy (non-hydrogen) atoms. The monoisotopic (exact) mass is 675 g/mol. The van der Waals surface area contributed by atoms with E-state index >= 15 is 0 Å². The Balaban J connectivity index is 1.44. The molecule has 2 amide bonds. The van der Waals surface area contributed by atoms with Gasteiger partial charge in [0.15, 0.2) is 0 Å². The first-order chi connectivity index (χ1) is 22.4. The highest BCUT2D eigenvalue weighted by molar-refractivity contribution is 9.10. The Morgan fingerprint density at radius 1 is 0.587 bits per heavy atom. The van der Waals surface area contributed by atoms with Crippen molar-refractivity contribution in [3.63, 3.8) is 0 Å². The molecule has 1 aliphatic heterocycles. The molecule has 0 radical (unpaired) electrons. The van der Waals surface area contributed by atoms with Crippen molar-refractivity contribution in [2.24, 2.45) is 0 Å². The minimum Gasteiger partial charge on any atom is -0.386 e. The van der Waals surface area contributed by atoms with Crippen LogP contribution in [0.2, 0.25) is 0 Å². The summed E-state index contributed by atoms with van der Waals surface area (Å²) in [6, 6.07) is 13.4. The minimum atomic E-state index is -0.706. The third-order valence-corrected chi connectivity index (χ3v) is 11.0. The number of nitrogens with zero attached hydrogens (tertiary/aromatic N) is 1. The van der Waals surface area contributed by atoms with Crippen molar-refractivity contribution in [1.82, 2.24) is 4.90 Å². The van der Waals surface area contributed by atoms with E-state index in [2.05, 4.69) is 29.8 Å². The normalized spacial score (nSPS) is 14.0. The largest absolute Gasteiger partial charge is 0.386 e. The maximum Gasteiger partial charge on any atom is 0.347 e. The van der Waals surface area contributed by atoms with Crippen LogP contribution in [0.25, 0.3) is 64.6 Å². The van der Waals surface area contributed by atoms with Gasteiger partial charge in [-0.1, -0.05) is 105 Å². The zero-order valence-corrected chi connectivity index (χ0v) is 27.6. The van der Waals surface area contributed by atoms with Gasteiger partial charge in [-0.15, -0.1) is 0 Å². The Hall–Kier alpha value is -4.10. The van der Waals surface area contributed by atoms with Gasteiger partial charge in [0.25, 0.3) is 11.8 Å². The third-order valence-electron chi connectivity index (χ3n) is 10.4. The predicted molar refractivity (Wildman–Crippen MR) is 189 cm³/mol. The lowest BCUT2D eigenvalue weighted by Crippen LogP contribution is -2.47. The first kappa shape index (κ1) is 29.3. The molecule has 0 aliphatic carbocycles. The van der Waals surface area contributed by atoms with Crippen LogP contribution in [0.3, 0.4) is 0 Å². The van der Waals surface area contributed by atoms with Gasteiger partial charge in [0.2, 0.25) is 0 Å². The van der Waals surface area contributed by atoms with Gasteiger partial charge in [0, 0.05) is 27.0 Å². The molecule has 0 unspecified atom stereocenters. The number of rotatable bonds is 11. The summed E-state index contributed by atoms with van der Waals surface area (Å²) in [5, 5.41) is 8.47. The number of halogens is 1. The lowest BCUT2D eigenvalue weighted by Gasteiger charge is -2.35. The van der Waals surface area contributed by atoms with Crippen LogP contribution < -0.4 is 11.3 Å². The first-order valence-electron chi connectivity index (χ1n) is 16.7. The van der Waals surface area contributed by atoms with Crippen LogP contribution >= 0.6 is 15.9 Å². The van der Waals surface area contributed by atoms with Crippen LogP contribution in [0.1, 0.15) is 98.8 Å². The molecule has 7 heteroatoms. The molecule has 8 rings (SSSR count). The second-order valence-electron chi connectivity index (χ2n) is 13.0. The molecule has 6 nitrogen and oxygen atoms in total. The Bertz CT molecular complexity index is 2450. The number of carbonyl (C=O) groups excluding carboxylic acids is 2. The van der Waals surface area contributed by atoms with Crippen molar-refractivity contribution in [2.45, 2.75) is 84.1 Å². The summed E-state index contributed by atoms with van der Waals surface area (Å²) in [6.45, 7) is 4.35. The second kappa shape index (κ2) is 11.0. The van der Waals surface area contributed by atoms with Crippen LogP contribution in [-0.2, 0) is 0 Å². The van der Waals surface area contributed by atoms with Crippen LogP contribution in [-0.4, -0.2) is 22.8 Å². The average molecular weight is 677 g/mol. The van der Waals surface area contributed by atoms with E-state index in [9.17, 15) is 19.2 Å². The van der Waals surface area contributed by atoms with Crippen LogP contribution in [0.4, 0.5) is 0 Å². The number of hydrogen-bond acceptors (Lipinski definition) is 5. The highest BCUT2D eigenvalue weighted by atomic mass is 79.9. The Labute approximate surface area is 273 Å². The number of fused-ring (bicyclic) bond motifs is 4. The molecule has 0 fully saturated rings. The number of unbranched alkanes of at least 4 members (excludes halogenated alkanes) is 6. The molecule has 1 aromatic heterocycles. The van der Waals surface area contributed by atoms with E-state index in [-0.39, 0.29) is 28.6 Å². The molecule has 232 valence electrons. The smallest absolute Gasteiger partial charge is 0.347 e. The molecule has 1 aliphatic rings. The van der Waals surface area contributed by atoms with Gasteiger partial charge in [0.1, 0.15) is 0 Å². The molecular formula is C39H34BrNO5. The van der Waals surface area contributed by atoms with Gasteiger partial charge < -0.3 is 4.42 Å². The third kappa shape index (κ3) is 4.00. The van der Waals surface area contributed by atoms with Crippen molar-refractivity contribution in [3.05, 3.63) is 78.9 Å². The van der Waals surface area contributed by atoms with Gasteiger partial charge in [-0.25, -0.2) is 9.59 Å². The number of imide groups is 1.